The predicted octanol–water partition coefficient (Wildman–Crippen LogP) is 5.80. The maximum atomic E-state index is 12.9. The van der Waals surface area contributed by atoms with Crippen molar-refractivity contribution in [2.75, 3.05) is 19.5 Å². The van der Waals surface area contributed by atoms with Crippen LogP contribution in [0.15, 0.2) is 47.2 Å². The second-order valence-electron chi connectivity index (χ2n) is 10.6. The average molecular weight is 534 g/mol. The van der Waals surface area contributed by atoms with Crippen LogP contribution in [0.25, 0.3) is 22.4 Å². The highest BCUT2D eigenvalue weighted by atomic mass is 32.1. The van der Waals surface area contributed by atoms with Gasteiger partial charge in [0.1, 0.15) is 5.69 Å². The number of carbonyl (C=O) groups excluding carboxylic acids is 2. The molecule has 3 N–H and O–H groups in total. The second-order valence-corrected chi connectivity index (χ2v) is 11.4. The van der Waals surface area contributed by atoms with E-state index in [4.69, 9.17) is 10.5 Å². The number of methoxy groups -OCH3 is 1. The summed E-state index contributed by atoms with van der Waals surface area (Å²) in [6.45, 7) is 0. The summed E-state index contributed by atoms with van der Waals surface area (Å²) in [6.07, 6.45) is 6.84. The van der Waals surface area contributed by atoms with Gasteiger partial charge >= 0.3 is 6.09 Å². The van der Waals surface area contributed by atoms with Crippen molar-refractivity contribution in [3.05, 3.63) is 52.7 Å². The van der Waals surface area contributed by atoms with E-state index in [2.05, 4.69) is 51.2 Å². The van der Waals surface area contributed by atoms with Gasteiger partial charge in [0.25, 0.3) is 0 Å². The molecule has 2 aromatic heterocycles. The van der Waals surface area contributed by atoms with Gasteiger partial charge in [0, 0.05) is 36.2 Å². The molecule has 38 heavy (non-hydrogen) atoms. The number of amides is 2. The molecule has 3 aromatic rings. The standard InChI is InChI=1S/C29H35N5O3S/c1-34(28(36)37-2)23-10-4-19(5-11-23)16-26(35)31-25-17-24(21-12-15-38-18-21)27(33-32-25)20-6-8-22(9-7-20)29(30)13-3-14-29/h6-9,12,15,17-19,23H,3-5,10-11,13-14,16,30H2,1-2H3,(H,31,32,35)/t19-,23-. The molecule has 5 rings (SSSR count). The van der Waals surface area contributed by atoms with Gasteiger partial charge in [-0.3, -0.25) is 4.79 Å². The molecular formula is C29H35N5O3S. The number of nitrogens with one attached hydrogen (secondary N) is 1. The summed E-state index contributed by atoms with van der Waals surface area (Å²) in [7, 11) is 3.17. The van der Waals surface area contributed by atoms with Crippen molar-refractivity contribution < 1.29 is 14.3 Å². The number of rotatable bonds is 7. The van der Waals surface area contributed by atoms with Crippen LogP contribution in [-0.2, 0) is 15.1 Å². The lowest BCUT2D eigenvalue weighted by Crippen LogP contribution is -2.43. The Kier molecular flexibility index (Phi) is 7.76. The lowest BCUT2D eigenvalue weighted by Gasteiger charge is -2.38. The molecule has 2 fully saturated rings. The molecule has 0 aliphatic heterocycles. The van der Waals surface area contributed by atoms with Gasteiger partial charge in [-0.1, -0.05) is 24.3 Å². The lowest BCUT2D eigenvalue weighted by molar-refractivity contribution is -0.117. The summed E-state index contributed by atoms with van der Waals surface area (Å²) in [5, 5.41) is 16.0. The van der Waals surface area contributed by atoms with E-state index in [1.54, 1.807) is 23.3 Å². The zero-order valence-corrected chi connectivity index (χ0v) is 22.8. The minimum atomic E-state index is -0.313. The summed E-state index contributed by atoms with van der Waals surface area (Å²) in [4.78, 5) is 26.3. The molecule has 2 aliphatic rings. The van der Waals surface area contributed by atoms with Gasteiger partial charge < -0.3 is 20.7 Å². The highest BCUT2D eigenvalue weighted by Crippen LogP contribution is 2.40. The van der Waals surface area contributed by atoms with Crippen molar-refractivity contribution >= 4 is 29.2 Å². The van der Waals surface area contributed by atoms with Crippen molar-refractivity contribution in [3.8, 4) is 22.4 Å². The monoisotopic (exact) mass is 533 g/mol. The Balaban J connectivity index is 1.26. The molecular weight excluding hydrogens is 498 g/mol. The van der Waals surface area contributed by atoms with Crippen LogP contribution in [0.5, 0.6) is 0 Å². The molecule has 200 valence electrons. The first kappa shape index (κ1) is 26.3. The van der Waals surface area contributed by atoms with E-state index in [0.29, 0.717) is 12.2 Å². The first-order valence-electron chi connectivity index (χ1n) is 13.3. The summed E-state index contributed by atoms with van der Waals surface area (Å²) in [5.41, 5.74) is 11.2. The summed E-state index contributed by atoms with van der Waals surface area (Å²) in [6, 6.07) is 12.4. The summed E-state index contributed by atoms with van der Waals surface area (Å²) >= 11 is 1.62. The van der Waals surface area contributed by atoms with Crippen molar-refractivity contribution in [2.45, 2.75) is 62.9 Å². The maximum Gasteiger partial charge on any atom is 0.409 e. The fourth-order valence-corrected chi connectivity index (χ4v) is 6.25. The van der Waals surface area contributed by atoms with E-state index in [1.165, 1.54) is 13.5 Å². The molecule has 0 atom stereocenters. The average Bonchev–Trinajstić information content (AvgIpc) is 3.46. The zero-order chi connectivity index (χ0) is 26.7. The van der Waals surface area contributed by atoms with Crippen LogP contribution in [-0.4, -0.2) is 47.3 Å². The largest absolute Gasteiger partial charge is 0.453 e. The minimum Gasteiger partial charge on any atom is -0.453 e. The topological polar surface area (TPSA) is 110 Å². The number of ether oxygens (including phenoxy) is 1. The van der Waals surface area contributed by atoms with Crippen LogP contribution < -0.4 is 11.1 Å². The van der Waals surface area contributed by atoms with E-state index in [9.17, 15) is 9.59 Å². The van der Waals surface area contributed by atoms with Crippen LogP contribution in [0.3, 0.4) is 0 Å². The highest BCUT2D eigenvalue weighted by molar-refractivity contribution is 7.08. The van der Waals surface area contributed by atoms with E-state index in [-0.39, 0.29) is 29.5 Å². The van der Waals surface area contributed by atoms with Crippen molar-refractivity contribution in [1.82, 2.24) is 15.1 Å². The lowest BCUT2D eigenvalue weighted by atomic mass is 9.72. The Morgan fingerprint density at radius 2 is 1.84 bits per heavy atom. The van der Waals surface area contributed by atoms with E-state index in [1.807, 2.05) is 11.4 Å². The maximum absolute atomic E-state index is 12.9. The SMILES string of the molecule is COC(=O)N(C)[C@H]1CC[C@H](CC(=O)Nc2cc(-c3ccsc3)c(-c3ccc(C4(N)CCC4)cc3)nn2)CC1. The number of anilines is 1. The number of hydrogen-bond acceptors (Lipinski definition) is 7. The van der Waals surface area contributed by atoms with E-state index in [0.717, 1.165) is 66.5 Å². The van der Waals surface area contributed by atoms with E-state index >= 15 is 0 Å². The van der Waals surface area contributed by atoms with Crippen molar-refractivity contribution in [3.63, 3.8) is 0 Å². The van der Waals surface area contributed by atoms with E-state index < -0.39 is 0 Å². The molecule has 2 saturated carbocycles. The van der Waals surface area contributed by atoms with Gasteiger partial charge in [-0.2, -0.15) is 11.3 Å². The van der Waals surface area contributed by atoms with Crippen LogP contribution in [0, 0.1) is 5.92 Å². The molecule has 8 nitrogen and oxygen atoms in total. The third-order valence-corrected chi connectivity index (χ3v) is 8.86. The molecule has 0 radical (unpaired) electrons. The highest BCUT2D eigenvalue weighted by Gasteiger charge is 2.34. The van der Waals surface area contributed by atoms with Crippen LogP contribution in [0.1, 0.15) is 56.9 Å². The fraction of sp³-hybridized carbons (Fsp3) is 0.448. The molecule has 0 saturated heterocycles. The summed E-state index contributed by atoms with van der Waals surface area (Å²) in [5.74, 6) is 0.665. The number of nitrogens with two attached hydrogens (primary N) is 1. The van der Waals surface area contributed by atoms with Gasteiger partial charge in [-0.05, 0) is 84.9 Å². The number of aromatic nitrogens is 2. The first-order valence-corrected chi connectivity index (χ1v) is 14.2. The van der Waals surface area contributed by atoms with Gasteiger partial charge in [0.15, 0.2) is 5.82 Å². The fourth-order valence-electron chi connectivity index (χ4n) is 5.60. The molecule has 1 aromatic carbocycles. The number of hydrogen-bond donors (Lipinski definition) is 2. The smallest absolute Gasteiger partial charge is 0.409 e. The quantitative estimate of drug-likeness (QED) is 0.397. The van der Waals surface area contributed by atoms with Crippen molar-refractivity contribution in [1.29, 1.82) is 0 Å². The molecule has 0 unspecified atom stereocenters. The molecule has 0 bridgehead atoms. The van der Waals surface area contributed by atoms with Crippen LogP contribution in [0.2, 0.25) is 0 Å². The number of thiophene rings is 1. The Morgan fingerprint density at radius 3 is 2.45 bits per heavy atom. The summed E-state index contributed by atoms with van der Waals surface area (Å²) < 4.78 is 4.83. The van der Waals surface area contributed by atoms with Gasteiger partial charge in [0.05, 0.1) is 7.11 Å². The van der Waals surface area contributed by atoms with Gasteiger partial charge in [0.2, 0.25) is 5.91 Å². The Bertz CT molecular complexity index is 1270. The normalized spacial score (nSPS) is 20.3. The minimum absolute atomic E-state index is 0.0637. The molecule has 2 aliphatic carbocycles. The Labute approximate surface area is 227 Å². The predicted molar refractivity (Wildman–Crippen MR) is 150 cm³/mol. The van der Waals surface area contributed by atoms with Gasteiger partial charge in [-0.25, -0.2) is 4.79 Å². The van der Waals surface area contributed by atoms with Crippen LogP contribution in [0.4, 0.5) is 10.6 Å². The first-order chi connectivity index (χ1) is 18.4. The number of benzene rings is 1. The van der Waals surface area contributed by atoms with Crippen LogP contribution >= 0.6 is 11.3 Å². The Hall–Kier alpha value is -3.30. The third-order valence-electron chi connectivity index (χ3n) is 8.17. The molecule has 0 spiro atoms. The molecule has 9 heteroatoms. The molecule has 2 amide bonds. The third kappa shape index (κ3) is 5.59. The van der Waals surface area contributed by atoms with Gasteiger partial charge in [-0.15, -0.1) is 10.2 Å². The number of nitrogens with zero attached hydrogens (tertiary/aromatic N) is 3. The van der Waals surface area contributed by atoms with Crippen molar-refractivity contribution in [2.24, 2.45) is 11.7 Å². The number of carbonyl (C=O) groups is 2. The zero-order valence-electron chi connectivity index (χ0n) is 22.0. The second kappa shape index (κ2) is 11.2. The molecule has 2 heterocycles. The Morgan fingerprint density at radius 1 is 1.11 bits per heavy atom.